The van der Waals surface area contributed by atoms with Crippen LogP contribution >= 0.6 is 15.9 Å². The lowest BCUT2D eigenvalue weighted by atomic mass is 10.1. The summed E-state index contributed by atoms with van der Waals surface area (Å²) in [4.78, 5) is 4.22. The highest BCUT2D eigenvalue weighted by atomic mass is 79.9. The van der Waals surface area contributed by atoms with E-state index in [0.29, 0.717) is 0 Å². The highest BCUT2D eigenvalue weighted by molar-refractivity contribution is 9.10. The lowest BCUT2D eigenvalue weighted by Crippen LogP contribution is -2.47. The van der Waals surface area contributed by atoms with Crippen molar-refractivity contribution in [2.75, 3.05) is 7.05 Å². The largest absolute Gasteiger partial charge is 0.352 e. The summed E-state index contributed by atoms with van der Waals surface area (Å²) in [5, 5.41) is 6.66. The summed E-state index contributed by atoms with van der Waals surface area (Å²) in [5.41, 5.74) is 2.55. The highest BCUT2D eigenvalue weighted by Crippen LogP contribution is 2.15. The van der Waals surface area contributed by atoms with E-state index in [0.717, 1.165) is 17.0 Å². The lowest BCUT2D eigenvalue weighted by molar-refractivity contribution is 0.501. The second-order valence-corrected chi connectivity index (χ2v) is 6.29. The van der Waals surface area contributed by atoms with Crippen LogP contribution < -0.4 is 10.6 Å². The lowest BCUT2D eigenvalue weighted by Gasteiger charge is -2.24. The standard InChI is InChI=1S/C14H22BrN3/c1-10-8-12(15)7-6-11(10)9-17-13(16-5)18-14(2,3)4/h6-8H,9H2,1-5H3,(H2,16,17,18). The van der Waals surface area contributed by atoms with Gasteiger partial charge < -0.3 is 10.6 Å². The predicted octanol–water partition coefficient (Wildman–Crippen LogP) is 3.22. The van der Waals surface area contributed by atoms with Gasteiger partial charge in [-0.05, 0) is 51.0 Å². The zero-order chi connectivity index (χ0) is 13.8. The fraction of sp³-hybridized carbons (Fsp3) is 0.500. The molecule has 0 amide bonds. The van der Waals surface area contributed by atoms with Crippen LogP contribution in [0.5, 0.6) is 0 Å². The van der Waals surface area contributed by atoms with E-state index < -0.39 is 0 Å². The molecule has 1 aromatic rings. The first-order chi connectivity index (χ1) is 8.31. The quantitative estimate of drug-likeness (QED) is 0.650. The molecule has 0 bridgehead atoms. The second kappa shape index (κ2) is 6.23. The number of hydrogen-bond donors (Lipinski definition) is 2. The Hall–Kier alpha value is -1.03. The fourth-order valence-corrected chi connectivity index (χ4v) is 2.05. The Balaban J connectivity index is 2.64. The van der Waals surface area contributed by atoms with Crippen molar-refractivity contribution in [3.05, 3.63) is 33.8 Å². The summed E-state index contributed by atoms with van der Waals surface area (Å²) in [6.45, 7) is 9.23. The van der Waals surface area contributed by atoms with E-state index in [1.165, 1.54) is 11.1 Å². The molecule has 2 N–H and O–H groups in total. The number of nitrogens with one attached hydrogen (secondary N) is 2. The minimum Gasteiger partial charge on any atom is -0.352 e. The molecule has 0 unspecified atom stereocenters. The van der Waals surface area contributed by atoms with Crippen LogP contribution in [0, 0.1) is 6.92 Å². The van der Waals surface area contributed by atoms with Gasteiger partial charge in [0.2, 0.25) is 0 Å². The molecule has 1 rings (SSSR count). The molecule has 0 radical (unpaired) electrons. The van der Waals surface area contributed by atoms with Gasteiger partial charge in [0.15, 0.2) is 5.96 Å². The molecule has 3 nitrogen and oxygen atoms in total. The van der Waals surface area contributed by atoms with Crippen molar-refractivity contribution in [2.45, 2.75) is 39.8 Å². The van der Waals surface area contributed by atoms with Crippen molar-refractivity contribution in [3.63, 3.8) is 0 Å². The minimum atomic E-state index is 0.0105. The monoisotopic (exact) mass is 311 g/mol. The number of halogens is 1. The predicted molar refractivity (Wildman–Crippen MR) is 82.0 cm³/mol. The Morgan fingerprint density at radius 2 is 2.00 bits per heavy atom. The zero-order valence-electron chi connectivity index (χ0n) is 11.8. The maximum absolute atomic E-state index is 4.22. The third kappa shape index (κ3) is 5.08. The molecule has 0 fully saturated rings. The Kier molecular flexibility index (Phi) is 5.20. The molecular formula is C14H22BrN3. The molecule has 1 aromatic carbocycles. The maximum atomic E-state index is 4.22. The van der Waals surface area contributed by atoms with Crippen LogP contribution in [0.15, 0.2) is 27.7 Å². The molecule has 0 aliphatic rings. The van der Waals surface area contributed by atoms with Crippen LogP contribution in [0.2, 0.25) is 0 Å². The van der Waals surface area contributed by atoms with Crippen LogP contribution in [-0.4, -0.2) is 18.5 Å². The van der Waals surface area contributed by atoms with Crippen LogP contribution in [0.4, 0.5) is 0 Å². The number of nitrogens with zero attached hydrogens (tertiary/aromatic N) is 1. The second-order valence-electron chi connectivity index (χ2n) is 5.37. The van der Waals surface area contributed by atoms with Crippen LogP contribution in [-0.2, 0) is 6.54 Å². The van der Waals surface area contributed by atoms with Gasteiger partial charge in [-0.3, -0.25) is 4.99 Å². The normalized spacial score (nSPS) is 12.4. The van der Waals surface area contributed by atoms with Gasteiger partial charge in [-0.2, -0.15) is 0 Å². The van der Waals surface area contributed by atoms with Crippen LogP contribution in [0.1, 0.15) is 31.9 Å². The molecule has 0 saturated heterocycles. The molecule has 0 aliphatic carbocycles. The Bertz CT molecular complexity index is 433. The van der Waals surface area contributed by atoms with Crippen molar-refractivity contribution in [1.29, 1.82) is 0 Å². The summed E-state index contributed by atoms with van der Waals surface area (Å²) in [7, 11) is 1.79. The summed E-state index contributed by atoms with van der Waals surface area (Å²) < 4.78 is 1.11. The first-order valence-corrected chi connectivity index (χ1v) is 6.85. The Morgan fingerprint density at radius 3 is 2.50 bits per heavy atom. The molecule has 0 atom stereocenters. The first-order valence-electron chi connectivity index (χ1n) is 6.05. The SMILES string of the molecule is CN=C(NCc1ccc(Br)cc1C)NC(C)(C)C. The van der Waals surface area contributed by atoms with Gasteiger partial charge in [0.25, 0.3) is 0 Å². The van der Waals surface area contributed by atoms with Crippen molar-refractivity contribution < 1.29 is 0 Å². The topological polar surface area (TPSA) is 36.4 Å². The van der Waals surface area contributed by atoms with Crippen molar-refractivity contribution >= 4 is 21.9 Å². The zero-order valence-corrected chi connectivity index (χ0v) is 13.4. The van der Waals surface area contributed by atoms with Crippen molar-refractivity contribution in [3.8, 4) is 0 Å². The molecule has 0 heterocycles. The first kappa shape index (κ1) is 15.0. The van der Waals surface area contributed by atoms with Crippen molar-refractivity contribution in [1.82, 2.24) is 10.6 Å². The maximum Gasteiger partial charge on any atom is 0.191 e. The average Bonchev–Trinajstić information content (AvgIpc) is 2.24. The van der Waals surface area contributed by atoms with Crippen LogP contribution in [0.3, 0.4) is 0 Å². The molecular weight excluding hydrogens is 290 g/mol. The summed E-state index contributed by atoms with van der Waals surface area (Å²) >= 11 is 3.47. The van der Waals surface area contributed by atoms with Gasteiger partial charge in [-0.15, -0.1) is 0 Å². The Labute approximate surface area is 118 Å². The van der Waals surface area contributed by atoms with E-state index in [9.17, 15) is 0 Å². The van der Waals surface area contributed by atoms with Gasteiger partial charge in [0, 0.05) is 23.6 Å². The summed E-state index contributed by atoms with van der Waals surface area (Å²) in [6.07, 6.45) is 0. The van der Waals surface area contributed by atoms with Crippen molar-refractivity contribution in [2.24, 2.45) is 4.99 Å². The van der Waals surface area contributed by atoms with Gasteiger partial charge >= 0.3 is 0 Å². The van der Waals surface area contributed by atoms with E-state index >= 15 is 0 Å². The fourth-order valence-electron chi connectivity index (χ4n) is 1.57. The number of hydrogen-bond acceptors (Lipinski definition) is 1. The molecule has 0 aromatic heterocycles. The van der Waals surface area contributed by atoms with E-state index in [1.54, 1.807) is 7.05 Å². The van der Waals surface area contributed by atoms with Gasteiger partial charge in [-0.25, -0.2) is 0 Å². The number of rotatable bonds is 2. The molecule has 4 heteroatoms. The summed E-state index contributed by atoms with van der Waals surface area (Å²) in [6, 6.07) is 6.30. The third-order valence-corrected chi connectivity index (χ3v) is 2.96. The molecule has 100 valence electrons. The molecule has 0 saturated carbocycles. The highest BCUT2D eigenvalue weighted by Gasteiger charge is 2.11. The average molecular weight is 312 g/mol. The smallest absolute Gasteiger partial charge is 0.191 e. The number of aryl methyl sites for hydroxylation is 1. The minimum absolute atomic E-state index is 0.0105. The van der Waals surface area contributed by atoms with Gasteiger partial charge in [-0.1, -0.05) is 22.0 Å². The van der Waals surface area contributed by atoms with E-state index in [4.69, 9.17) is 0 Å². The molecule has 0 spiro atoms. The molecule has 0 aliphatic heterocycles. The van der Waals surface area contributed by atoms with Crippen LogP contribution in [0.25, 0.3) is 0 Å². The summed E-state index contributed by atoms with van der Waals surface area (Å²) in [5.74, 6) is 0.824. The van der Waals surface area contributed by atoms with E-state index in [1.807, 2.05) is 0 Å². The Morgan fingerprint density at radius 1 is 1.33 bits per heavy atom. The van der Waals surface area contributed by atoms with Gasteiger partial charge in [0.1, 0.15) is 0 Å². The molecule has 18 heavy (non-hydrogen) atoms. The number of benzene rings is 1. The van der Waals surface area contributed by atoms with Gasteiger partial charge in [0.05, 0.1) is 0 Å². The number of aliphatic imine (C=N–C) groups is 1. The van der Waals surface area contributed by atoms with E-state index in [2.05, 4.69) is 77.4 Å². The third-order valence-electron chi connectivity index (χ3n) is 2.47. The van der Waals surface area contributed by atoms with E-state index in [-0.39, 0.29) is 5.54 Å². The number of guanidine groups is 1.